The van der Waals surface area contributed by atoms with Gasteiger partial charge in [0.15, 0.2) is 0 Å². The van der Waals surface area contributed by atoms with E-state index in [0.29, 0.717) is 19.0 Å². The molecule has 0 saturated carbocycles. The van der Waals surface area contributed by atoms with E-state index in [1.807, 2.05) is 0 Å². The minimum atomic E-state index is -0.324. The van der Waals surface area contributed by atoms with Crippen molar-refractivity contribution in [1.82, 2.24) is 10.6 Å². The molecule has 1 fully saturated rings. The minimum Gasteiger partial charge on any atom is -0.469 e. The summed E-state index contributed by atoms with van der Waals surface area (Å²) in [5, 5.41) is 5.39. The van der Waals surface area contributed by atoms with E-state index in [0.717, 1.165) is 26.1 Å². The van der Waals surface area contributed by atoms with Crippen LogP contribution < -0.4 is 10.6 Å². The summed E-state index contributed by atoms with van der Waals surface area (Å²) in [6.45, 7) is 2.51. The number of nitrogens with one attached hydrogen (secondary N) is 2. The fourth-order valence-electron chi connectivity index (χ4n) is 1.63. The molecule has 0 atom stereocenters. The van der Waals surface area contributed by atoms with E-state index in [4.69, 9.17) is 4.74 Å². The highest BCUT2D eigenvalue weighted by Crippen LogP contribution is 2.12. The molecule has 1 aliphatic heterocycles. The molecule has 1 saturated heterocycles. The van der Waals surface area contributed by atoms with Crippen LogP contribution in [0.1, 0.15) is 19.3 Å². The first kappa shape index (κ1) is 13.8. The van der Waals surface area contributed by atoms with Crippen LogP contribution in [-0.2, 0) is 14.3 Å². The van der Waals surface area contributed by atoms with Crippen molar-refractivity contribution in [2.45, 2.75) is 19.3 Å². The number of carbonyl (C=O) groups excluding carboxylic acids is 2. The molecular formula is C11H20N2O4. The zero-order valence-electron chi connectivity index (χ0n) is 10.2. The number of methoxy groups -OCH3 is 1. The molecule has 2 amide bonds. The largest absolute Gasteiger partial charge is 0.469 e. The van der Waals surface area contributed by atoms with E-state index in [9.17, 15) is 9.59 Å². The topological polar surface area (TPSA) is 76.7 Å². The molecule has 0 aromatic carbocycles. The highest BCUT2D eigenvalue weighted by Gasteiger charge is 2.14. The van der Waals surface area contributed by atoms with Crippen LogP contribution in [0.15, 0.2) is 0 Å². The first-order valence-electron chi connectivity index (χ1n) is 5.88. The van der Waals surface area contributed by atoms with Gasteiger partial charge in [0.2, 0.25) is 0 Å². The van der Waals surface area contributed by atoms with Gasteiger partial charge < -0.3 is 20.1 Å². The third kappa shape index (κ3) is 6.11. The smallest absolute Gasteiger partial charge is 0.314 e. The summed E-state index contributed by atoms with van der Waals surface area (Å²) in [5.74, 6) is 0.171. The van der Waals surface area contributed by atoms with Gasteiger partial charge in [-0.1, -0.05) is 0 Å². The molecule has 6 nitrogen and oxygen atoms in total. The Morgan fingerprint density at radius 3 is 2.65 bits per heavy atom. The normalized spacial score (nSPS) is 16.3. The molecule has 0 spiro atoms. The van der Waals surface area contributed by atoms with Gasteiger partial charge in [-0.25, -0.2) is 4.79 Å². The fourth-order valence-corrected chi connectivity index (χ4v) is 1.63. The minimum absolute atomic E-state index is 0.196. The zero-order valence-corrected chi connectivity index (χ0v) is 10.2. The Labute approximate surface area is 101 Å². The lowest BCUT2D eigenvalue weighted by atomic mass is 10.0. The van der Waals surface area contributed by atoms with Crippen molar-refractivity contribution in [3.05, 3.63) is 0 Å². The van der Waals surface area contributed by atoms with Crippen LogP contribution in [0.3, 0.4) is 0 Å². The molecule has 0 aromatic heterocycles. The van der Waals surface area contributed by atoms with Crippen molar-refractivity contribution in [3.8, 4) is 0 Å². The third-order valence-corrected chi connectivity index (χ3v) is 2.73. The van der Waals surface area contributed by atoms with E-state index in [2.05, 4.69) is 15.4 Å². The van der Waals surface area contributed by atoms with Crippen molar-refractivity contribution in [2.75, 3.05) is 33.4 Å². The molecule has 1 rings (SSSR count). The van der Waals surface area contributed by atoms with Crippen molar-refractivity contribution in [1.29, 1.82) is 0 Å². The van der Waals surface area contributed by atoms with Gasteiger partial charge in [0.1, 0.15) is 0 Å². The van der Waals surface area contributed by atoms with Crippen LogP contribution in [0, 0.1) is 5.92 Å². The Morgan fingerprint density at radius 1 is 1.29 bits per heavy atom. The van der Waals surface area contributed by atoms with Gasteiger partial charge in [0, 0.05) is 26.3 Å². The van der Waals surface area contributed by atoms with Crippen LogP contribution >= 0.6 is 0 Å². The number of esters is 1. The molecule has 0 unspecified atom stereocenters. The summed E-state index contributed by atoms with van der Waals surface area (Å²) in [5.41, 5.74) is 0. The number of carbonyl (C=O) groups is 2. The fraction of sp³-hybridized carbons (Fsp3) is 0.818. The summed E-state index contributed by atoms with van der Waals surface area (Å²) in [4.78, 5) is 22.1. The predicted octanol–water partition coefficient (Wildman–Crippen LogP) is 0.275. The van der Waals surface area contributed by atoms with Gasteiger partial charge in [-0.05, 0) is 18.8 Å². The van der Waals surface area contributed by atoms with Crippen LogP contribution in [-0.4, -0.2) is 45.4 Å². The van der Waals surface area contributed by atoms with Gasteiger partial charge in [-0.3, -0.25) is 4.79 Å². The highest BCUT2D eigenvalue weighted by atomic mass is 16.5. The summed E-state index contributed by atoms with van der Waals surface area (Å²) in [6.07, 6.45) is 2.17. The van der Waals surface area contributed by atoms with E-state index < -0.39 is 0 Å². The number of hydrogen-bond acceptors (Lipinski definition) is 4. The second-order valence-electron chi connectivity index (χ2n) is 4.02. The zero-order chi connectivity index (χ0) is 12.5. The number of hydrogen-bond donors (Lipinski definition) is 2. The molecule has 2 N–H and O–H groups in total. The SMILES string of the molecule is COC(=O)CCNC(=O)NCC1CCOCC1. The van der Waals surface area contributed by atoms with E-state index in [1.54, 1.807) is 0 Å². The van der Waals surface area contributed by atoms with Gasteiger partial charge in [0.25, 0.3) is 0 Å². The number of ether oxygens (including phenoxy) is 2. The maximum absolute atomic E-state index is 11.3. The maximum atomic E-state index is 11.3. The lowest BCUT2D eigenvalue weighted by Gasteiger charge is -2.22. The van der Waals surface area contributed by atoms with Crippen molar-refractivity contribution >= 4 is 12.0 Å². The molecule has 1 heterocycles. The standard InChI is InChI=1S/C11H20N2O4/c1-16-10(14)2-5-12-11(15)13-8-9-3-6-17-7-4-9/h9H,2-8H2,1H3,(H2,12,13,15). The summed E-state index contributed by atoms with van der Waals surface area (Å²) in [7, 11) is 1.33. The maximum Gasteiger partial charge on any atom is 0.314 e. The van der Waals surface area contributed by atoms with Gasteiger partial charge in [0.05, 0.1) is 13.5 Å². The second kappa shape index (κ2) is 7.89. The molecule has 0 bridgehead atoms. The van der Waals surface area contributed by atoms with Crippen LogP contribution in [0.2, 0.25) is 0 Å². The summed E-state index contributed by atoms with van der Waals surface area (Å²) < 4.78 is 9.69. The van der Waals surface area contributed by atoms with E-state index >= 15 is 0 Å². The Morgan fingerprint density at radius 2 is 2.00 bits per heavy atom. The Balaban J connectivity index is 2.02. The van der Waals surface area contributed by atoms with Gasteiger partial charge in [-0.15, -0.1) is 0 Å². The summed E-state index contributed by atoms with van der Waals surface area (Å²) >= 11 is 0. The van der Waals surface area contributed by atoms with Gasteiger partial charge in [-0.2, -0.15) is 0 Å². The van der Waals surface area contributed by atoms with Crippen LogP contribution in [0.4, 0.5) is 4.79 Å². The molecule has 0 radical (unpaired) electrons. The van der Waals surface area contributed by atoms with Crippen LogP contribution in [0.5, 0.6) is 0 Å². The lowest BCUT2D eigenvalue weighted by Crippen LogP contribution is -2.40. The molecular weight excluding hydrogens is 224 g/mol. The average molecular weight is 244 g/mol. The van der Waals surface area contributed by atoms with Crippen molar-refractivity contribution in [3.63, 3.8) is 0 Å². The molecule has 6 heteroatoms. The first-order chi connectivity index (χ1) is 8.22. The average Bonchev–Trinajstić information content (AvgIpc) is 2.37. The second-order valence-corrected chi connectivity index (χ2v) is 4.02. The summed E-state index contributed by atoms with van der Waals surface area (Å²) in [6, 6.07) is -0.236. The Hall–Kier alpha value is -1.30. The predicted molar refractivity (Wildman–Crippen MR) is 61.6 cm³/mol. The molecule has 98 valence electrons. The molecule has 0 aromatic rings. The Bertz CT molecular complexity index is 252. The van der Waals surface area contributed by atoms with Crippen LogP contribution in [0.25, 0.3) is 0 Å². The highest BCUT2D eigenvalue weighted by molar-refractivity contribution is 5.75. The number of urea groups is 1. The monoisotopic (exact) mass is 244 g/mol. The van der Waals surface area contributed by atoms with E-state index in [1.165, 1.54) is 7.11 Å². The van der Waals surface area contributed by atoms with Crippen molar-refractivity contribution < 1.29 is 19.1 Å². The third-order valence-electron chi connectivity index (χ3n) is 2.73. The van der Waals surface area contributed by atoms with Crippen molar-refractivity contribution in [2.24, 2.45) is 5.92 Å². The Kier molecular flexibility index (Phi) is 6.39. The molecule has 17 heavy (non-hydrogen) atoms. The van der Waals surface area contributed by atoms with Gasteiger partial charge >= 0.3 is 12.0 Å². The lowest BCUT2D eigenvalue weighted by molar-refractivity contribution is -0.140. The van der Waals surface area contributed by atoms with E-state index in [-0.39, 0.29) is 18.4 Å². The number of rotatable bonds is 5. The first-order valence-corrected chi connectivity index (χ1v) is 5.88. The molecule has 1 aliphatic rings. The molecule has 0 aliphatic carbocycles. The quantitative estimate of drug-likeness (QED) is 0.681. The number of amides is 2.